The van der Waals surface area contributed by atoms with Gasteiger partial charge < -0.3 is 10.6 Å². The smallest absolute Gasteiger partial charge is 0.0160 e. The Labute approximate surface area is 151 Å². The van der Waals surface area contributed by atoms with Crippen molar-refractivity contribution in [1.29, 1.82) is 0 Å². The molecule has 2 heteroatoms. The van der Waals surface area contributed by atoms with Gasteiger partial charge in [0.05, 0.1) is 0 Å². The zero-order valence-corrected chi connectivity index (χ0v) is 16.1. The predicted molar refractivity (Wildman–Crippen MR) is 110 cm³/mol. The van der Waals surface area contributed by atoms with E-state index in [0.29, 0.717) is 0 Å². The van der Waals surface area contributed by atoms with Gasteiger partial charge in [-0.25, -0.2) is 0 Å². The lowest BCUT2D eigenvalue weighted by molar-refractivity contribution is 0.358. The molecule has 0 aliphatic heterocycles. The molecule has 2 nitrogen and oxygen atoms in total. The maximum atomic E-state index is 5.46. The topological polar surface area (TPSA) is 29.3 Å². The van der Waals surface area contributed by atoms with E-state index in [2.05, 4.69) is 67.5 Å². The molecule has 0 aliphatic rings. The first-order valence-electron chi connectivity index (χ1n) is 9.79. The SMILES string of the molecule is CCCCCN(C)C/C=C\C/C=C\C/C=C\C/C=C\CCCCN. The van der Waals surface area contributed by atoms with Crippen molar-refractivity contribution >= 4 is 0 Å². The number of unbranched alkanes of at least 4 members (excludes halogenated alkanes) is 4. The van der Waals surface area contributed by atoms with Crippen LogP contribution in [0.4, 0.5) is 0 Å². The van der Waals surface area contributed by atoms with Crippen LogP contribution in [0, 0.1) is 0 Å². The number of nitrogens with two attached hydrogens (primary N) is 1. The van der Waals surface area contributed by atoms with Gasteiger partial charge in [0.2, 0.25) is 0 Å². The minimum atomic E-state index is 0.810. The van der Waals surface area contributed by atoms with Gasteiger partial charge in [-0.1, -0.05) is 68.4 Å². The van der Waals surface area contributed by atoms with Crippen molar-refractivity contribution in [2.75, 3.05) is 26.7 Å². The van der Waals surface area contributed by atoms with Gasteiger partial charge in [-0.15, -0.1) is 0 Å². The predicted octanol–water partition coefficient (Wildman–Crippen LogP) is 5.63. The van der Waals surface area contributed by atoms with E-state index in [0.717, 1.165) is 45.2 Å². The molecule has 0 spiro atoms. The molecule has 0 heterocycles. The monoisotopic (exact) mass is 332 g/mol. The van der Waals surface area contributed by atoms with E-state index in [4.69, 9.17) is 5.73 Å². The first kappa shape index (κ1) is 22.9. The van der Waals surface area contributed by atoms with E-state index in [1.54, 1.807) is 0 Å². The van der Waals surface area contributed by atoms with E-state index in [-0.39, 0.29) is 0 Å². The molecule has 2 N–H and O–H groups in total. The van der Waals surface area contributed by atoms with Gasteiger partial charge in [0, 0.05) is 6.54 Å². The molecule has 0 amide bonds. The standard InChI is InChI=1S/C22H40N2/c1-3-4-18-21-24(2)22-19-16-14-12-10-8-6-5-7-9-11-13-15-17-20-23/h5-6,9-12,16,19H,3-4,7-8,13-15,17-18,20-23H2,1-2H3/b6-5-,11-9-,12-10-,19-16-. The Morgan fingerprint density at radius 2 is 1.29 bits per heavy atom. The highest BCUT2D eigenvalue weighted by Crippen LogP contribution is 1.99. The van der Waals surface area contributed by atoms with Crippen molar-refractivity contribution in [2.45, 2.75) is 64.7 Å². The molecule has 0 bridgehead atoms. The summed E-state index contributed by atoms with van der Waals surface area (Å²) in [5, 5.41) is 0. The molecule has 0 rings (SSSR count). The summed E-state index contributed by atoms with van der Waals surface area (Å²) in [6, 6.07) is 0. The highest BCUT2D eigenvalue weighted by atomic mass is 15.1. The van der Waals surface area contributed by atoms with E-state index < -0.39 is 0 Å². The van der Waals surface area contributed by atoms with Crippen molar-refractivity contribution in [3.8, 4) is 0 Å². The van der Waals surface area contributed by atoms with Gasteiger partial charge in [0.25, 0.3) is 0 Å². The highest BCUT2D eigenvalue weighted by molar-refractivity contribution is 4.99. The molecular weight excluding hydrogens is 292 g/mol. The van der Waals surface area contributed by atoms with Crippen molar-refractivity contribution in [3.05, 3.63) is 48.6 Å². The van der Waals surface area contributed by atoms with Gasteiger partial charge in [0.1, 0.15) is 0 Å². The summed E-state index contributed by atoms with van der Waals surface area (Å²) in [7, 11) is 2.20. The van der Waals surface area contributed by atoms with Crippen LogP contribution in [-0.2, 0) is 0 Å². The van der Waals surface area contributed by atoms with Crippen LogP contribution in [0.5, 0.6) is 0 Å². The average Bonchev–Trinajstić information content (AvgIpc) is 2.58. The van der Waals surface area contributed by atoms with Crippen molar-refractivity contribution < 1.29 is 0 Å². The number of likely N-dealkylation sites (N-methyl/N-ethyl adjacent to an activating group) is 1. The van der Waals surface area contributed by atoms with Crippen molar-refractivity contribution in [3.63, 3.8) is 0 Å². The Hall–Kier alpha value is -1.12. The second kappa shape index (κ2) is 19.9. The second-order valence-corrected chi connectivity index (χ2v) is 6.35. The third-order valence-electron chi connectivity index (χ3n) is 3.87. The van der Waals surface area contributed by atoms with Crippen LogP contribution in [0.3, 0.4) is 0 Å². The van der Waals surface area contributed by atoms with E-state index in [9.17, 15) is 0 Å². The van der Waals surface area contributed by atoms with Crippen LogP contribution < -0.4 is 5.73 Å². The van der Waals surface area contributed by atoms with Crippen molar-refractivity contribution in [1.82, 2.24) is 4.90 Å². The Kier molecular flexibility index (Phi) is 19.0. The first-order valence-corrected chi connectivity index (χ1v) is 9.79. The summed E-state index contributed by atoms with van der Waals surface area (Å²) in [6.45, 7) is 5.34. The Bertz CT molecular complexity index is 353. The number of hydrogen-bond donors (Lipinski definition) is 1. The van der Waals surface area contributed by atoms with Crippen LogP contribution in [0.25, 0.3) is 0 Å². The fourth-order valence-corrected chi connectivity index (χ4v) is 2.31. The van der Waals surface area contributed by atoms with Crippen LogP contribution in [-0.4, -0.2) is 31.6 Å². The molecular formula is C22H40N2. The largest absolute Gasteiger partial charge is 0.330 e. The molecule has 138 valence electrons. The lowest BCUT2D eigenvalue weighted by Crippen LogP contribution is -2.19. The average molecular weight is 333 g/mol. The molecule has 0 saturated heterocycles. The quantitative estimate of drug-likeness (QED) is 0.293. The number of rotatable bonds is 16. The zero-order chi connectivity index (χ0) is 17.7. The fourth-order valence-electron chi connectivity index (χ4n) is 2.31. The summed E-state index contributed by atoms with van der Waals surface area (Å²) in [4.78, 5) is 2.39. The van der Waals surface area contributed by atoms with Crippen LogP contribution in [0.15, 0.2) is 48.6 Å². The van der Waals surface area contributed by atoms with Gasteiger partial charge in [-0.05, 0) is 65.1 Å². The van der Waals surface area contributed by atoms with Crippen molar-refractivity contribution in [2.24, 2.45) is 5.73 Å². The number of allylic oxidation sites excluding steroid dienone is 7. The Balaban J connectivity index is 3.48. The molecule has 0 unspecified atom stereocenters. The lowest BCUT2D eigenvalue weighted by atomic mass is 10.2. The minimum absolute atomic E-state index is 0.810. The summed E-state index contributed by atoms with van der Waals surface area (Å²) in [6.07, 6.45) is 28.6. The molecule has 0 aliphatic carbocycles. The molecule has 0 atom stereocenters. The van der Waals surface area contributed by atoms with Crippen LogP contribution in [0.1, 0.15) is 64.7 Å². The number of hydrogen-bond acceptors (Lipinski definition) is 2. The minimum Gasteiger partial charge on any atom is -0.330 e. The van der Waals surface area contributed by atoms with Crippen LogP contribution in [0.2, 0.25) is 0 Å². The zero-order valence-electron chi connectivity index (χ0n) is 16.1. The van der Waals surface area contributed by atoms with Crippen LogP contribution >= 0.6 is 0 Å². The highest BCUT2D eigenvalue weighted by Gasteiger charge is 1.93. The van der Waals surface area contributed by atoms with E-state index in [1.165, 1.54) is 32.2 Å². The summed E-state index contributed by atoms with van der Waals surface area (Å²) < 4.78 is 0. The summed E-state index contributed by atoms with van der Waals surface area (Å²) >= 11 is 0. The second-order valence-electron chi connectivity index (χ2n) is 6.35. The van der Waals surface area contributed by atoms with Gasteiger partial charge in [-0.3, -0.25) is 0 Å². The molecule has 0 saturated carbocycles. The third-order valence-corrected chi connectivity index (χ3v) is 3.87. The molecule has 0 fully saturated rings. The Morgan fingerprint density at radius 3 is 1.88 bits per heavy atom. The molecule has 0 radical (unpaired) electrons. The van der Waals surface area contributed by atoms with Gasteiger partial charge in [0.15, 0.2) is 0 Å². The lowest BCUT2D eigenvalue weighted by Gasteiger charge is -2.13. The fraction of sp³-hybridized carbons (Fsp3) is 0.636. The number of nitrogens with zero attached hydrogens (tertiary/aromatic N) is 1. The summed E-state index contributed by atoms with van der Waals surface area (Å²) in [5.41, 5.74) is 5.46. The third kappa shape index (κ3) is 18.9. The maximum Gasteiger partial charge on any atom is 0.0160 e. The molecule has 0 aromatic heterocycles. The molecule has 0 aromatic carbocycles. The van der Waals surface area contributed by atoms with Gasteiger partial charge >= 0.3 is 0 Å². The van der Waals surface area contributed by atoms with E-state index >= 15 is 0 Å². The Morgan fingerprint density at radius 1 is 0.708 bits per heavy atom. The maximum absolute atomic E-state index is 5.46. The summed E-state index contributed by atoms with van der Waals surface area (Å²) in [5.74, 6) is 0. The van der Waals surface area contributed by atoms with Gasteiger partial charge in [-0.2, -0.15) is 0 Å². The molecule has 24 heavy (non-hydrogen) atoms. The normalized spacial score (nSPS) is 12.8. The molecule has 0 aromatic rings. The first-order chi connectivity index (χ1) is 11.8. The van der Waals surface area contributed by atoms with E-state index in [1.807, 2.05) is 0 Å².